The van der Waals surface area contributed by atoms with Crippen LogP contribution in [0.1, 0.15) is 54.9 Å². The van der Waals surface area contributed by atoms with E-state index in [0.717, 1.165) is 0 Å². The molecule has 49 heavy (non-hydrogen) atoms. The molecule has 266 valence electrons. The van der Waals surface area contributed by atoms with Crippen LogP contribution in [0.2, 0.25) is 5.02 Å². The molecule has 1 heterocycles. The third kappa shape index (κ3) is 4.27. The topological polar surface area (TPSA) is 143 Å². The van der Waals surface area contributed by atoms with Crippen molar-refractivity contribution in [1.82, 2.24) is 4.90 Å². The van der Waals surface area contributed by atoms with Gasteiger partial charge in [-0.05, 0) is 74.0 Å². The summed E-state index contributed by atoms with van der Waals surface area (Å²) in [5.74, 6) is -2.32. The van der Waals surface area contributed by atoms with E-state index < -0.39 is 50.0 Å². The van der Waals surface area contributed by atoms with Crippen molar-refractivity contribution in [3.05, 3.63) is 64.7 Å². The number of esters is 1. The summed E-state index contributed by atoms with van der Waals surface area (Å²) in [5.41, 5.74) is -4.16. The molecule has 0 amide bonds. The van der Waals surface area contributed by atoms with E-state index in [1.54, 1.807) is 38.5 Å². The first kappa shape index (κ1) is 34.0. The Morgan fingerprint density at radius 3 is 2.45 bits per heavy atom. The summed E-state index contributed by atoms with van der Waals surface area (Å²) < 4.78 is 45.7. The molecule has 12 atom stereocenters. The third-order valence-electron chi connectivity index (χ3n) is 14.1. The van der Waals surface area contributed by atoms with Gasteiger partial charge in [0.05, 0.1) is 28.4 Å². The van der Waals surface area contributed by atoms with E-state index >= 15 is 0 Å². The zero-order chi connectivity index (χ0) is 34.7. The van der Waals surface area contributed by atoms with Crippen LogP contribution in [0, 0.1) is 35.0 Å². The lowest BCUT2D eigenvalue weighted by Gasteiger charge is -2.71. The van der Waals surface area contributed by atoms with Crippen molar-refractivity contribution in [3.63, 3.8) is 0 Å². The van der Waals surface area contributed by atoms with Gasteiger partial charge in [-0.2, -0.15) is 0 Å². The van der Waals surface area contributed by atoms with Gasteiger partial charge in [0.25, 0.3) is 0 Å². The third-order valence-corrected chi connectivity index (χ3v) is 16.0. The summed E-state index contributed by atoms with van der Waals surface area (Å²) in [5, 5.41) is 37.3. The first-order valence-electron chi connectivity index (χ1n) is 17.5. The van der Waals surface area contributed by atoms with E-state index in [9.17, 15) is 28.5 Å². The van der Waals surface area contributed by atoms with Crippen molar-refractivity contribution >= 4 is 27.4 Å². The number of halogens is 1. The molecule has 6 fully saturated rings. The van der Waals surface area contributed by atoms with Crippen LogP contribution in [-0.2, 0) is 29.8 Å². The zero-order valence-electron chi connectivity index (χ0n) is 28.1. The number of aliphatic hydroxyl groups is 3. The van der Waals surface area contributed by atoms with Crippen molar-refractivity contribution in [3.8, 4) is 0 Å². The van der Waals surface area contributed by atoms with Crippen LogP contribution in [0.4, 0.5) is 0 Å². The number of piperidine rings is 1. The fourth-order valence-electron chi connectivity index (χ4n) is 12.6. The lowest BCUT2D eigenvalue weighted by molar-refractivity contribution is -0.333. The average Bonchev–Trinajstić information content (AvgIpc) is 3.51. The van der Waals surface area contributed by atoms with Gasteiger partial charge in [0.2, 0.25) is 0 Å². The largest absolute Gasteiger partial charge is 0.454 e. The highest BCUT2D eigenvalue weighted by molar-refractivity contribution is 7.90. The van der Waals surface area contributed by atoms with Gasteiger partial charge in [-0.1, -0.05) is 36.7 Å². The second-order valence-corrected chi connectivity index (χ2v) is 17.9. The van der Waals surface area contributed by atoms with Gasteiger partial charge in [-0.25, -0.2) is 13.2 Å². The van der Waals surface area contributed by atoms with E-state index in [2.05, 4.69) is 11.8 Å². The maximum atomic E-state index is 14.4. The minimum atomic E-state index is -3.81. The molecular formula is C37H46ClNO9S. The molecule has 0 aromatic heterocycles. The molecule has 3 unspecified atom stereocenters. The molecule has 2 aromatic rings. The Balaban J connectivity index is 1.21. The van der Waals surface area contributed by atoms with Crippen molar-refractivity contribution < 1.29 is 42.7 Å². The van der Waals surface area contributed by atoms with Gasteiger partial charge < -0.3 is 29.5 Å². The molecule has 0 radical (unpaired) electrons. The number of carbonyl (C=O) groups is 1. The Morgan fingerprint density at radius 2 is 1.78 bits per heavy atom. The monoisotopic (exact) mass is 715 g/mol. The number of hydrogen-bond donors (Lipinski definition) is 3. The van der Waals surface area contributed by atoms with E-state index in [0.29, 0.717) is 49.4 Å². The number of hydrogen-bond acceptors (Lipinski definition) is 10. The number of sulfone groups is 1. The minimum Gasteiger partial charge on any atom is -0.454 e. The number of rotatable bonds is 9. The van der Waals surface area contributed by atoms with Crippen LogP contribution in [0.25, 0.3) is 0 Å². The molecule has 5 saturated carbocycles. The number of aliphatic hydroxyl groups excluding tert-OH is 1. The maximum absolute atomic E-state index is 14.4. The average molecular weight is 716 g/mol. The van der Waals surface area contributed by atoms with Gasteiger partial charge in [-0.15, -0.1) is 0 Å². The number of nitrogens with zero attached hydrogens (tertiary/aromatic N) is 1. The molecule has 10 nitrogen and oxygen atoms in total. The number of ether oxygens (including phenoxy) is 3. The van der Waals surface area contributed by atoms with Gasteiger partial charge >= 0.3 is 5.97 Å². The van der Waals surface area contributed by atoms with Crippen molar-refractivity contribution in [1.29, 1.82) is 0 Å². The number of fused-ring (bicyclic) bond motifs is 2. The molecule has 3 N–H and O–H groups in total. The van der Waals surface area contributed by atoms with Crippen LogP contribution >= 0.6 is 11.6 Å². The number of likely N-dealkylation sites (tertiary alicyclic amines) is 1. The summed E-state index contributed by atoms with van der Waals surface area (Å²) in [7, 11) is -0.564. The number of carbonyl (C=O) groups excluding carboxylic acids is 1. The van der Waals surface area contributed by atoms with Crippen molar-refractivity contribution in [2.45, 2.75) is 84.7 Å². The van der Waals surface area contributed by atoms with Crippen LogP contribution in [0.3, 0.4) is 0 Å². The van der Waals surface area contributed by atoms with Crippen LogP contribution in [0.15, 0.2) is 53.4 Å². The highest BCUT2D eigenvalue weighted by Gasteiger charge is 2.88. The smallest absolute Gasteiger partial charge is 0.339 e. The molecule has 5 aliphatic carbocycles. The summed E-state index contributed by atoms with van der Waals surface area (Å²) >= 11 is 6.00. The normalized spacial score (nSPS) is 43.4. The summed E-state index contributed by atoms with van der Waals surface area (Å²) in [6.07, 6.45) is 1.55. The van der Waals surface area contributed by atoms with Crippen LogP contribution in [0.5, 0.6) is 0 Å². The Hall–Kier alpha value is -2.09. The molecule has 2 aromatic carbocycles. The molecule has 1 aliphatic heterocycles. The molecule has 8 rings (SSSR count). The van der Waals surface area contributed by atoms with Crippen LogP contribution < -0.4 is 0 Å². The van der Waals surface area contributed by atoms with Crippen molar-refractivity contribution in [2.24, 2.45) is 35.0 Å². The molecular weight excluding hydrogens is 670 g/mol. The molecule has 7 bridgehead atoms. The zero-order valence-corrected chi connectivity index (χ0v) is 29.7. The highest BCUT2D eigenvalue weighted by Crippen LogP contribution is 2.80. The predicted molar refractivity (Wildman–Crippen MR) is 180 cm³/mol. The quantitative estimate of drug-likeness (QED) is 0.331. The van der Waals surface area contributed by atoms with E-state index in [4.69, 9.17) is 25.8 Å². The van der Waals surface area contributed by atoms with Crippen LogP contribution in [-0.4, -0.2) is 104 Å². The van der Waals surface area contributed by atoms with Gasteiger partial charge in [0, 0.05) is 73.9 Å². The molecule has 1 spiro atoms. The standard InChI is InChI=1S/C37H46ClNO9S/c1-4-39-20-34(48-33(41)25-8-6-5-7-21(25)19-49(44,45)24-11-9-23(38)10-12-24)14-13-22(18-40)36-29(34)16-27(31(36)39)35(42)17-28(46-2)26-15-30(36)37(35,43)32(26)47-3/h5-12,22,26-32,40,42-43H,4,13-20H2,1-3H3/t22-,26-,27+,28+,29?,30?,31?,32+,34-,35+,36+,37+/m1/s1. The number of likely N-dealkylation sites (N-methyl/N-ethyl adjacent to an activating group) is 1. The Kier molecular flexibility index (Phi) is 7.95. The van der Waals surface area contributed by atoms with E-state index in [1.807, 2.05) is 0 Å². The number of benzene rings is 2. The fraction of sp³-hybridized carbons (Fsp3) is 0.649. The molecule has 1 saturated heterocycles. The fourth-order valence-corrected chi connectivity index (χ4v) is 14.1. The van der Waals surface area contributed by atoms with E-state index in [-0.39, 0.29) is 65.1 Å². The number of methoxy groups -OCH3 is 2. The maximum Gasteiger partial charge on any atom is 0.339 e. The lowest BCUT2D eigenvalue weighted by Crippen LogP contribution is -2.82. The molecule has 12 heteroatoms. The van der Waals surface area contributed by atoms with Gasteiger partial charge in [-0.3, -0.25) is 4.90 Å². The second-order valence-electron chi connectivity index (χ2n) is 15.5. The first-order chi connectivity index (χ1) is 23.4. The lowest BCUT2D eigenvalue weighted by atomic mass is 9.42. The van der Waals surface area contributed by atoms with Gasteiger partial charge in [0.1, 0.15) is 16.8 Å². The summed E-state index contributed by atoms with van der Waals surface area (Å²) in [4.78, 5) is 16.9. The predicted octanol–water partition coefficient (Wildman–Crippen LogP) is 3.48. The van der Waals surface area contributed by atoms with Crippen molar-refractivity contribution in [2.75, 3.05) is 33.9 Å². The molecule has 6 aliphatic rings. The first-order valence-corrected chi connectivity index (χ1v) is 19.5. The second kappa shape index (κ2) is 11.5. The summed E-state index contributed by atoms with van der Waals surface area (Å²) in [6, 6.07) is 12.5. The Labute approximate surface area is 292 Å². The Morgan fingerprint density at radius 1 is 1.04 bits per heavy atom. The summed E-state index contributed by atoms with van der Waals surface area (Å²) in [6.45, 7) is 3.08. The Bertz CT molecular complexity index is 1760. The SMILES string of the molecule is CCN1C[C@]2(OC(=O)c3ccccc3CS(=O)(=O)c3ccc(Cl)cc3)CC[C@H](CO)[C@]34C1[C@H](CC23)[C@@]1(O)C[C@H](OC)[C@H]2CC4[C@]1(O)[C@H]2OC. The highest BCUT2D eigenvalue weighted by atomic mass is 35.5. The minimum absolute atomic E-state index is 0.0757. The van der Waals surface area contributed by atoms with E-state index in [1.165, 1.54) is 24.3 Å². The van der Waals surface area contributed by atoms with Gasteiger partial charge in [0.15, 0.2) is 9.84 Å².